The molecule has 0 amide bonds. The molecule has 0 aliphatic carbocycles. The number of anilines is 1. The lowest BCUT2D eigenvalue weighted by Crippen LogP contribution is -2.10. The zero-order chi connectivity index (χ0) is 15.4. The van der Waals surface area contributed by atoms with Crippen molar-refractivity contribution in [3.8, 4) is 0 Å². The van der Waals surface area contributed by atoms with Gasteiger partial charge in [-0.25, -0.2) is 9.97 Å². The van der Waals surface area contributed by atoms with Gasteiger partial charge in [-0.15, -0.1) is 0 Å². The molecule has 0 spiro atoms. The highest BCUT2D eigenvalue weighted by Gasteiger charge is 2.12. The van der Waals surface area contributed by atoms with Gasteiger partial charge in [-0.3, -0.25) is 0 Å². The van der Waals surface area contributed by atoms with Gasteiger partial charge in [-0.05, 0) is 53.6 Å². The smallest absolute Gasteiger partial charge is 0.143 e. The molecule has 1 N–H and O–H groups in total. The van der Waals surface area contributed by atoms with E-state index in [0.717, 1.165) is 39.4 Å². The van der Waals surface area contributed by atoms with Crippen molar-refractivity contribution in [2.75, 3.05) is 11.9 Å². The molecule has 0 aliphatic heterocycles. The molecule has 0 radical (unpaired) electrons. The molecular weight excluding hydrogens is 420 g/mol. The first-order valence-electron chi connectivity index (χ1n) is 6.78. The molecule has 0 bridgehead atoms. The maximum absolute atomic E-state index is 6.23. The van der Waals surface area contributed by atoms with Crippen molar-refractivity contribution in [3.63, 3.8) is 0 Å². The number of hydrogen-bond acceptors (Lipinski definition) is 3. The predicted molar refractivity (Wildman–Crippen MR) is 97.6 cm³/mol. The third-order valence-corrected chi connectivity index (χ3v) is 4.73. The summed E-state index contributed by atoms with van der Waals surface area (Å²) in [6.07, 6.45) is 1.47. The Bertz CT molecular complexity index is 647. The van der Waals surface area contributed by atoms with E-state index in [2.05, 4.69) is 51.7 Å². The third-order valence-electron chi connectivity index (χ3n) is 3.01. The van der Waals surface area contributed by atoms with E-state index < -0.39 is 0 Å². The van der Waals surface area contributed by atoms with E-state index in [1.165, 1.54) is 0 Å². The Morgan fingerprint density at radius 2 is 1.95 bits per heavy atom. The minimum absolute atomic E-state index is 0.596. The Morgan fingerprint density at radius 3 is 2.57 bits per heavy atom. The second-order valence-corrected chi connectivity index (χ2v) is 6.47. The van der Waals surface area contributed by atoms with Crippen molar-refractivity contribution >= 4 is 51.6 Å². The van der Waals surface area contributed by atoms with Crippen LogP contribution in [0, 0.1) is 3.57 Å². The van der Waals surface area contributed by atoms with E-state index in [1.807, 2.05) is 12.1 Å². The lowest BCUT2D eigenvalue weighted by Gasteiger charge is -2.12. The van der Waals surface area contributed by atoms with Gasteiger partial charge in [0.25, 0.3) is 0 Å². The highest BCUT2D eigenvalue weighted by molar-refractivity contribution is 14.1. The van der Waals surface area contributed by atoms with Crippen molar-refractivity contribution in [3.05, 3.63) is 48.9 Å². The van der Waals surface area contributed by atoms with Crippen LogP contribution in [0.3, 0.4) is 0 Å². The lowest BCUT2D eigenvalue weighted by atomic mass is 10.1. The first-order valence-corrected chi connectivity index (χ1v) is 8.61. The SMILES string of the molecule is CCNc1nc(Cc2ccc(Cl)cc2Cl)nc(CC)c1I. The van der Waals surface area contributed by atoms with E-state index in [4.69, 9.17) is 23.2 Å². The van der Waals surface area contributed by atoms with Gasteiger partial charge in [0.05, 0.1) is 9.26 Å². The molecule has 0 saturated carbocycles. The van der Waals surface area contributed by atoms with E-state index in [9.17, 15) is 0 Å². The van der Waals surface area contributed by atoms with Crippen molar-refractivity contribution in [1.82, 2.24) is 9.97 Å². The molecule has 2 aromatic rings. The zero-order valence-corrected chi connectivity index (χ0v) is 15.6. The monoisotopic (exact) mass is 435 g/mol. The van der Waals surface area contributed by atoms with Crippen molar-refractivity contribution < 1.29 is 0 Å². The Kier molecular flexibility index (Phi) is 6.08. The van der Waals surface area contributed by atoms with Crippen LogP contribution >= 0.6 is 45.8 Å². The zero-order valence-electron chi connectivity index (χ0n) is 11.9. The number of rotatable bonds is 5. The minimum atomic E-state index is 0.596. The number of benzene rings is 1. The summed E-state index contributed by atoms with van der Waals surface area (Å²) < 4.78 is 1.09. The Hall–Kier alpha value is -0.590. The first-order chi connectivity index (χ1) is 10.0. The molecule has 3 nitrogen and oxygen atoms in total. The number of hydrogen-bond donors (Lipinski definition) is 1. The maximum Gasteiger partial charge on any atom is 0.143 e. The fourth-order valence-electron chi connectivity index (χ4n) is 1.98. The quantitative estimate of drug-likeness (QED) is 0.673. The summed E-state index contributed by atoms with van der Waals surface area (Å²) in [6, 6.07) is 5.50. The van der Waals surface area contributed by atoms with E-state index in [1.54, 1.807) is 6.07 Å². The van der Waals surface area contributed by atoms with Gasteiger partial charge >= 0.3 is 0 Å². The second-order valence-electron chi connectivity index (χ2n) is 4.55. The summed E-state index contributed by atoms with van der Waals surface area (Å²) in [5.74, 6) is 1.66. The highest BCUT2D eigenvalue weighted by atomic mass is 127. The van der Waals surface area contributed by atoms with Gasteiger partial charge < -0.3 is 5.32 Å². The summed E-state index contributed by atoms with van der Waals surface area (Å²) in [6.45, 7) is 4.98. The molecule has 0 aliphatic rings. The average molecular weight is 436 g/mol. The molecule has 1 aromatic carbocycles. The summed E-state index contributed by atoms with van der Waals surface area (Å²) in [5.41, 5.74) is 2.04. The molecular formula is C15H16Cl2IN3. The Labute approximate surface area is 148 Å². The molecule has 0 atom stereocenters. The number of halogens is 3. The molecule has 0 fully saturated rings. The van der Waals surface area contributed by atoms with Crippen molar-refractivity contribution in [1.29, 1.82) is 0 Å². The largest absolute Gasteiger partial charge is 0.369 e. The topological polar surface area (TPSA) is 37.8 Å². The summed E-state index contributed by atoms with van der Waals surface area (Å²) in [5, 5.41) is 4.57. The van der Waals surface area contributed by atoms with E-state index in [0.29, 0.717) is 16.5 Å². The van der Waals surface area contributed by atoms with Gasteiger partial charge in [-0.1, -0.05) is 36.2 Å². The maximum atomic E-state index is 6.23. The van der Waals surface area contributed by atoms with Crippen LogP contribution in [0.4, 0.5) is 5.82 Å². The number of aryl methyl sites for hydroxylation is 1. The predicted octanol–water partition coefficient (Wildman–Crippen LogP) is 4.97. The van der Waals surface area contributed by atoms with Crippen LogP contribution in [0.5, 0.6) is 0 Å². The van der Waals surface area contributed by atoms with E-state index >= 15 is 0 Å². The lowest BCUT2D eigenvalue weighted by molar-refractivity contribution is 0.893. The molecule has 1 aromatic heterocycles. The first kappa shape index (κ1) is 16.8. The van der Waals surface area contributed by atoms with Gasteiger partial charge in [0.2, 0.25) is 0 Å². The van der Waals surface area contributed by atoms with Crippen LogP contribution < -0.4 is 5.32 Å². The summed E-state index contributed by atoms with van der Waals surface area (Å²) >= 11 is 14.4. The van der Waals surface area contributed by atoms with Crippen molar-refractivity contribution in [2.24, 2.45) is 0 Å². The number of aromatic nitrogens is 2. The Balaban J connectivity index is 2.37. The highest BCUT2D eigenvalue weighted by Crippen LogP contribution is 2.25. The molecule has 2 rings (SSSR count). The average Bonchev–Trinajstić information content (AvgIpc) is 2.45. The van der Waals surface area contributed by atoms with Crippen molar-refractivity contribution in [2.45, 2.75) is 26.7 Å². The molecule has 6 heteroatoms. The normalized spacial score (nSPS) is 10.7. The number of nitrogens with zero attached hydrogens (tertiary/aromatic N) is 2. The van der Waals surface area contributed by atoms with Crippen LogP contribution in [0.2, 0.25) is 10.0 Å². The summed E-state index contributed by atoms with van der Waals surface area (Å²) in [7, 11) is 0. The minimum Gasteiger partial charge on any atom is -0.369 e. The molecule has 112 valence electrons. The molecule has 1 heterocycles. The van der Waals surface area contributed by atoms with Crippen LogP contribution in [0.1, 0.15) is 30.9 Å². The second kappa shape index (κ2) is 7.61. The van der Waals surface area contributed by atoms with Crippen LogP contribution in [-0.2, 0) is 12.8 Å². The molecule has 0 saturated heterocycles. The van der Waals surface area contributed by atoms with Crippen LogP contribution in [0.15, 0.2) is 18.2 Å². The van der Waals surface area contributed by atoms with Gasteiger partial charge in [0.1, 0.15) is 11.6 Å². The fourth-order valence-corrected chi connectivity index (χ4v) is 3.27. The van der Waals surface area contributed by atoms with Gasteiger partial charge in [-0.2, -0.15) is 0 Å². The van der Waals surface area contributed by atoms with Gasteiger partial charge in [0, 0.05) is 23.0 Å². The molecule has 0 unspecified atom stereocenters. The van der Waals surface area contributed by atoms with Crippen LogP contribution in [0.25, 0.3) is 0 Å². The molecule has 21 heavy (non-hydrogen) atoms. The number of nitrogens with one attached hydrogen (secondary N) is 1. The third kappa shape index (κ3) is 4.20. The Morgan fingerprint density at radius 1 is 1.19 bits per heavy atom. The fraction of sp³-hybridized carbons (Fsp3) is 0.333. The summed E-state index contributed by atoms with van der Waals surface area (Å²) in [4.78, 5) is 9.25. The van der Waals surface area contributed by atoms with Gasteiger partial charge in [0.15, 0.2) is 0 Å². The standard InChI is InChI=1S/C15H16Cl2IN3/c1-3-12-14(18)15(19-4-2)21-13(20-12)7-9-5-6-10(16)8-11(9)17/h5-6,8H,3-4,7H2,1-2H3,(H,19,20,21). The van der Waals surface area contributed by atoms with E-state index in [-0.39, 0.29) is 0 Å². The van der Waals surface area contributed by atoms with Crippen LogP contribution in [-0.4, -0.2) is 16.5 Å².